The number of aryl methyl sites for hydroxylation is 1. The monoisotopic (exact) mass is 468 g/mol. The first-order chi connectivity index (χ1) is 16.1. The summed E-state index contributed by atoms with van der Waals surface area (Å²) in [7, 11) is 0. The third kappa shape index (κ3) is 3.24. The highest BCUT2D eigenvalue weighted by molar-refractivity contribution is 6.18. The van der Waals surface area contributed by atoms with Crippen LogP contribution >= 0.6 is 0 Å². The van der Waals surface area contributed by atoms with E-state index in [4.69, 9.17) is 9.47 Å². The van der Waals surface area contributed by atoms with Crippen molar-refractivity contribution in [3.63, 3.8) is 0 Å². The molecule has 2 aliphatic rings. The summed E-state index contributed by atoms with van der Waals surface area (Å²) in [5, 5.41) is 63.6. The zero-order valence-corrected chi connectivity index (χ0v) is 18.3. The molecule has 1 saturated heterocycles. The minimum Gasteiger partial charge on any atom is -0.507 e. The number of fused-ring (bicyclic) bond motifs is 4. The third-order valence-corrected chi connectivity index (χ3v) is 6.51. The summed E-state index contributed by atoms with van der Waals surface area (Å²) in [6.07, 6.45) is -7.95. The van der Waals surface area contributed by atoms with Crippen LogP contribution in [0.4, 0.5) is 0 Å². The lowest BCUT2D eigenvalue weighted by Crippen LogP contribution is -2.58. The average Bonchev–Trinajstić information content (AvgIpc) is 2.78. The molecule has 0 spiro atoms. The molecule has 1 aliphatic carbocycles. The molecule has 178 valence electrons. The van der Waals surface area contributed by atoms with Crippen LogP contribution in [-0.2, 0) is 4.74 Å². The van der Waals surface area contributed by atoms with E-state index in [-0.39, 0.29) is 39.5 Å². The van der Waals surface area contributed by atoms with E-state index in [0.29, 0.717) is 10.8 Å². The number of aliphatic hydroxyl groups is 4. The molecule has 0 unspecified atom stereocenters. The summed E-state index contributed by atoms with van der Waals surface area (Å²) >= 11 is 0. The van der Waals surface area contributed by atoms with Crippen LogP contribution in [0.3, 0.4) is 0 Å². The number of benzene rings is 3. The molecule has 0 aromatic heterocycles. The average molecular weight is 468 g/mol. The van der Waals surface area contributed by atoms with Crippen molar-refractivity contribution in [2.75, 3.05) is 0 Å². The summed E-state index contributed by atoms with van der Waals surface area (Å²) in [5.74, 6) is -1.19. The van der Waals surface area contributed by atoms with Crippen LogP contribution in [0.25, 0.3) is 10.8 Å². The minimum absolute atomic E-state index is 0.0898. The number of rotatable bonds is 2. The Morgan fingerprint density at radius 2 is 1.65 bits per heavy atom. The Hall–Kier alpha value is -3.21. The number of ketones is 1. The van der Waals surface area contributed by atoms with Crippen LogP contribution in [0.5, 0.6) is 17.2 Å². The fourth-order valence-electron chi connectivity index (χ4n) is 4.82. The Bertz CT molecular complexity index is 1320. The molecule has 6 N–H and O–H groups in total. The topological polar surface area (TPSA) is 157 Å². The molecule has 34 heavy (non-hydrogen) atoms. The predicted octanol–water partition coefficient (Wildman–Crippen LogP) is 1.39. The lowest BCUT2D eigenvalue weighted by atomic mass is 9.79. The fourth-order valence-corrected chi connectivity index (χ4v) is 4.82. The molecule has 9 nitrogen and oxygen atoms in total. The molecular weight excluding hydrogens is 444 g/mol. The van der Waals surface area contributed by atoms with Crippen molar-refractivity contribution < 1.29 is 44.9 Å². The summed E-state index contributed by atoms with van der Waals surface area (Å²) in [6.45, 7) is 3.30. The van der Waals surface area contributed by atoms with Crippen LogP contribution in [-0.4, -0.2) is 67.1 Å². The molecule has 1 aliphatic heterocycles. The molecular formula is C25H24O9. The van der Waals surface area contributed by atoms with Gasteiger partial charge in [-0.25, -0.2) is 0 Å². The number of aliphatic hydroxyl groups excluding tert-OH is 4. The van der Waals surface area contributed by atoms with Gasteiger partial charge in [0.15, 0.2) is 0 Å². The Morgan fingerprint density at radius 1 is 0.912 bits per heavy atom. The first-order valence-electron chi connectivity index (χ1n) is 10.8. The Kier molecular flexibility index (Phi) is 5.27. The van der Waals surface area contributed by atoms with E-state index in [2.05, 4.69) is 0 Å². The van der Waals surface area contributed by atoms with Crippen LogP contribution in [0.15, 0.2) is 36.4 Å². The molecule has 1 heterocycles. The Labute approximate surface area is 194 Å². The van der Waals surface area contributed by atoms with Crippen LogP contribution in [0.2, 0.25) is 0 Å². The molecule has 3 aromatic rings. The maximum Gasteiger partial charge on any atom is 0.229 e. The van der Waals surface area contributed by atoms with Crippen molar-refractivity contribution >= 4 is 16.6 Å². The third-order valence-electron chi connectivity index (χ3n) is 6.51. The van der Waals surface area contributed by atoms with Gasteiger partial charge in [-0.1, -0.05) is 18.2 Å². The van der Waals surface area contributed by atoms with Crippen molar-refractivity contribution in [2.45, 2.75) is 50.7 Å². The van der Waals surface area contributed by atoms with Crippen molar-refractivity contribution in [3.8, 4) is 17.2 Å². The highest BCUT2D eigenvalue weighted by atomic mass is 16.7. The van der Waals surface area contributed by atoms with Gasteiger partial charge in [0.05, 0.1) is 17.2 Å². The second-order valence-electron chi connectivity index (χ2n) is 8.82. The summed E-state index contributed by atoms with van der Waals surface area (Å²) < 4.78 is 11.5. The van der Waals surface area contributed by atoms with Crippen molar-refractivity contribution in [1.82, 2.24) is 0 Å². The molecule has 3 aromatic carbocycles. The van der Waals surface area contributed by atoms with Crippen molar-refractivity contribution in [1.29, 1.82) is 0 Å². The number of phenolic OH excluding ortho intramolecular Hbond substituents is 2. The SMILES string of the molecule is Cc1cc(O[C@H]2O[C@@H](C)[C@H](O)[C@@H](O)[C@H]2O)c2c3c(c(O)cc2c1)C(=O)c1c(O)cccc1[C@H]3O. The zero-order valence-electron chi connectivity index (χ0n) is 18.3. The van der Waals surface area contributed by atoms with Gasteiger partial charge in [-0.2, -0.15) is 0 Å². The molecule has 0 amide bonds. The largest absolute Gasteiger partial charge is 0.507 e. The van der Waals surface area contributed by atoms with Gasteiger partial charge in [0.1, 0.15) is 41.7 Å². The minimum atomic E-state index is -1.57. The standard InChI is InChI=1S/C25H24O9/c1-9-6-11-8-14(27)18-19(21(29)12-4-3-5-13(26)17(12)22(18)30)16(11)15(7-9)34-25-24(32)23(31)20(28)10(2)33-25/h3-8,10,20-21,23-29,31-32H,1-2H3/t10-,20-,21+,23+,24+,25+/m0/s1. The Morgan fingerprint density at radius 3 is 2.38 bits per heavy atom. The number of hydrogen-bond acceptors (Lipinski definition) is 9. The normalized spacial score (nSPS) is 28.5. The zero-order chi connectivity index (χ0) is 24.5. The molecule has 6 atom stereocenters. The number of ether oxygens (including phenoxy) is 2. The van der Waals surface area contributed by atoms with E-state index in [9.17, 15) is 35.4 Å². The van der Waals surface area contributed by atoms with Gasteiger partial charge >= 0.3 is 0 Å². The van der Waals surface area contributed by atoms with Crippen LogP contribution in [0, 0.1) is 6.92 Å². The lowest BCUT2D eigenvalue weighted by Gasteiger charge is -2.39. The van der Waals surface area contributed by atoms with E-state index in [1.165, 1.54) is 31.2 Å². The second kappa shape index (κ2) is 7.93. The van der Waals surface area contributed by atoms with Crippen molar-refractivity contribution in [2.24, 2.45) is 0 Å². The van der Waals surface area contributed by atoms with Crippen molar-refractivity contribution in [3.05, 3.63) is 64.2 Å². The molecule has 0 radical (unpaired) electrons. The molecule has 5 rings (SSSR count). The van der Waals surface area contributed by atoms with Gasteiger partial charge in [0, 0.05) is 10.9 Å². The molecule has 0 saturated carbocycles. The summed E-state index contributed by atoms with van der Waals surface area (Å²) in [5.41, 5.74) is 0.722. The number of phenols is 2. The maximum atomic E-state index is 13.3. The lowest BCUT2D eigenvalue weighted by molar-refractivity contribution is -0.267. The quantitative estimate of drug-likeness (QED) is 0.327. The first-order valence-corrected chi connectivity index (χ1v) is 10.8. The molecule has 9 heteroatoms. The van der Waals surface area contributed by atoms with Gasteiger partial charge < -0.3 is 40.1 Å². The van der Waals surface area contributed by atoms with Crippen LogP contribution in [0.1, 0.15) is 45.6 Å². The second-order valence-corrected chi connectivity index (χ2v) is 8.82. The van der Waals surface area contributed by atoms with Gasteiger partial charge in [-0.15, -0.1) is 0 Å². The maximum absolute atomic E-state index is 13.3. The highest BCUT2D eigenvalue weighted by Crippen LogP contribution is 2.48. The number of carbonyl (C=O) groups excluding carboxylic acids is 1. The number of carbonyl (C=O) groups is 1. The molecule has 0 bridgehead atoms. The van der Waals surface area contributed by atoms with Gasteiger partial charge in [0.25, 0.3) is 0 Å². The highest BCUT2D eigenvalue weighted by Gasteiger charge is 2.44. The van der Waals surface area contributed by atoms with Gasteiger partial charge in [-0.3, -0.25) is 4.79 Å². The smallest absolute Gasteiger partial charge is 0.229 e. The van der Waals surface area contributed by atoms with E-state index in [0.717, 1.165) is 5.56 Å². The van der Waals surface area contributed by atoms with Gasteiger partial charge in [-0.05, 0) is 48.6 Å². The Balaban J connectivity index is 1.72. The fraction of sp³-hybridized carbons (Fsp3) is 0.320. The van der Waals surface area contributed by atoms with Gasteiger partial charge in [0.2, 0.25) is 12.1 Å². The van der Waals surface area contributed by atoms with E-state index in [1.807, 2.05) is 0 Å². The molecule has 1 fully saturated rings. The summed E-state index contributed by atoms with van der Waals surface area (Å²) in [6, 6.07) is 9.06. The predicted molar refractivity (Wildman–Crippen MR) is 119 cm³/mol. The number of aromatic hydroxyl groups is 2. The van der Waals surface area contributed by atoms with E-state index < -0.39 is 42.6 Å². The first kappa shape index (κ1) is 22.6. The van der Waals surface area contributed by atoms with Crippen LogP contribution < -0.4 is 4.74 Å². The van der Waals surface area contributed by atoms with E-state index >= 15 is 0 Å². The number of hydrogen-bond donors (Lipinski definition) is 6. The van der Waals surface area contributed by atoms with E-state index in [1.54, 1.807) is 19.1 Å². The summed E-state index contributed by atoms with van der Waals surface area (Å²) in [4.78, 5) is 13.3.